The molecule has 0 spiro atoms. The summed E-state index contributed by atoms with van der Waals surface area (Å²) in [5.74, 6) is -0.519. The number of nitrogens with one attached hydrogen (secondary N) is 3. The third-order valence-electron chi connectivity index (χ3n) is 7.64. The van der Waals surface area contributed by atoms with Crippen LogP contribution in [0.2, 0.25) is 0 Å². The molecule has 8 nitrogen and oxygen atoms in total. The number of carbonyl (C=O) groups excluding carboxylic acids is 3. The minimum absolute atomic E-state index is 0.0673. The summed E-state index contributed by atoms with van der Waals surface area (Å²) in [6.45, 7) is 12.5. The van der Waals surface area contributed by atoms with Gasteiger partial charge in [0.1, 0.15) is 11.7 Å². The Balaban J connectivity index is 1.39. The molecule has 2 amide bonds. The fourth-order valence-electron chi connectivity index (χ4n) is 5.46. The van der Waals surface area contributed by atoms with E-state index in [0.29, 0.717) is 41.8 Å². The molecular weight excluding hydrogens is 480 g/mol. The Labute approximate surface area is 225 Å². The zero-order valence-electron chi connectivity index (χ0n) is 23.2. The van der Waals surface area contributed by atoms with Crippen molar-refractivity contribution in [3.05, 3.63) is 52.3 Å². The molecule has 2 aromatic rings. The van der Waals surface area contributed by atoms with Gasteiger partial charge in [0.15, 0.2) is 5.78 Å². The van der Waals surface area contributed by atoms with Crippen molar-refractivity contribution in [3.8, 4) is 0 Å². The smallest absolute Gasteiger partial charge is 0.268 e. The summed E-state index contributed by atoms with van der Waals surface area (Å²) in [7, 11) is 0. The van der Waals surface area contributed by atoms with E-state index in [1.54, 1.807) is 0 Å². The van der Waals surface area contributed by atoms with Crippen LogP contribution < -0.4 is 10.6 Å². The highest BCUT2D eigenvalue weighted by atomic mass is 16.5. The molecule has 1 atom stereocenters. The topological polar surface area (TPSA) is 104 Å². The van der Waals surface area contributed by atoms with Gasteiger partial charge in [0.25, 0.3) is 5.91 Å². The molecule has 1 aliphatic carbocycles. The highest BCUT2D eigenvalue weighted by molar-refractivity contribution is 6.06. The molecule has 1 aromatic heterocycles. The van der Waals surface area contributed by atoms with E-state index in [1.807, 2.05) is 31.2 Å². The van der Waals surface area contributed by atoms with E-state index in [4.69, 9.17) is 4.74 Å². The number of anilines is 1. The van der Waals surface area contributed by atoms with Crippen LogP contribution in [0.4, 0.5) is 5.69 Å². The molecule has 206 valence electrons. The number of aromatic nitrogens is 1. The molecule has 0 bridgehead atoms. The monoisotopic (exact) mass is 522 g/mol. The van der Waals surface area contributed by atoms with Crippen LogP contribution in [-0.2, 0) is 22.4 Å². The van der Waals surface area contributed by atoms with Crippen molar-refractivity contribution < 1.29 is 19.1 Å². The summed E-state index contributed by atoms with van der Waals surface area (Å²) in [5.41, 5.74) is 4.28. The molecule has 2 aliphatic rings. The van der Waals surface area contributed by atoms with Gasteiger partial charge >= 0.3 is 0 Å². The van der Waals surface area contributed by atoms with Crippen LogP contribution in [0.25, 0.3) is 0 Å². The summed E-state index contributed by atoms with van der Waals surface area (Å²) < 4.78 is 5.41. The Bertz CT molecular complexity index is 1150. The Morgan fingerprint density at radius 2 is 1.84 bits per heavy atom. The Kier molecular flexibility index (Phi) is 9.05. The third kappa shape index (κ3) is 6.91. The van der Waals surface area contributed by atoms with Gasteiger partial charge in [0, 0.05) is 43.0 Å². The Morgan fingerprint density at radius 3 is 2.53 bits per heavy atom. The molecule has 1 aliphatic heterocycles. The highest BCUT2D eigenvalue weighted by Crippen LogP contribution is 2.36. The predicted octanol–water partition coefficient (Wildman–Crippen LogP) is 4.28. The summed E-state index contributed by atoms with van der Waals surface area (Å²) in [6, 6.07) is 7.25. The molecule has 1 unspecified atom stereocenters. The molecule has 1 aromatic carbocycles. The minimum atomic E-state index is -0.671. The fourth-order valence-corrected chi connectivity index (χ4v) is 5.46. The van der Waals surface area contributed by atoms with Crippen LogP contribution in [0.3, 0.4) is 0 Å². The van der Waals surface area contributed by atoms with Crippen LogP contribution in [0.15, 0.2) is 24.3 Å². The van der Waals surface area contributed by atoms with E-state index in [0.717, 1.165) is 57.8 Å². The highest BCUT2D eigenvalue weighted by Gasteiger charge is 2.35. The molecule has 1 saturated heterocycles. The van der Waals surface area contributed by atoms with Crippen molar-refractivity contribution in [2.75, 3.05) is 38.2 Å². The molecule has 8 heteroatoms. The van der Waals surface area contributed by atoms with Crippen LogP contribution in [-0.4, -0.2) is 66.4 Å². The average molecular weight is 523 g/mol. The van der Waals surface area contributed by atoms with E-state index in [2.05, 4.69) is 41.3 Å². The number of benzene rings is 1. The van der Waals surface area contributed by atoms with Gasteiger partial charge in [0.05, 0.1) is 13.2 Å². The summed E-state index contributed by atoms with van der Waals surface area (Å²) in [5, 5.41) is 5.91. The lowest BCUT2D eigenvalue weighted by atomic mass is 9.75. The third-order valence-corrected chi connectivity index (χ3v) is 7.64. The molecule has 38 heavy (non-hydrogen) atoms. The van der Waals surface area contributed by atoms with E-state index in [-0.39, 0.29) is 23.0 Å². The second kappa shape index (κ2) is 12.3. The lowest BCUT2D eigenvalue weighted by Gasteiger charge is -2.28. The number of morpholine rings is 1. The zero-order chi connectivity index (χ0) is 27.3. The number of hydrogen-bond donors (Lipinski definition) is 3. The summed E-state index contributed by atoms with van der Waals surface area (Å²) in [4.78, 5) is 44.9. The normalized spacial score (nSPS) is 18.1. The SMILES string of the molecule is CCCCC(NC(=O)c1[nH]c2c(c1C)C(=O)CC(C)(C)C2)C(=O)Nc1ccc(CCN2CCOCC2)cc1. The number of nitrogens with zero attached hydrogens (tertiary/aromatic N) is 1. The van der Waals surface area contributed by atoms with Crippen molar-refractivity contribution in [3.63, 3.8) is 0 Å². The van der Waals surface area contributed by atoms with Crippen molar-refractivity contribution in [1.82, 2.24) is 15.2 Å². The van der Waals surface area contributed by atoms with Gasteiger partial charge in [-0.2, -0.15) is 0 Å². The molecule has 0 saturated carbocycles. The van der Waals surface area contributed by atoms with Gasteiger partial charge in [-0.1, -0.05) is 45.7 Å². The summed E-state index contributed by atoms with van der Waals surface area (Å²) >= 11 is 0. The Morgan fingerprint density at radius 1 is 1.13 bits per heavy atom. The van der Waals surface area contributed by atoms with Crippen LogP contribution in [0.1, 0.15) is 84.1 Å². The van der Waals surface area contributed by atoms with Crippen LogP contribution in [0.5, 0.6) is 0 Å². The quantitative estimate of drug-likeness (QED) is 0.432. The second-order valence-electron chi connectivity index (χ2n) is 11.5. The largest absolute Gasteiger partial charge is 0.379 e. The fraction of sp³-hybridized carbons (Fsp3) is 0.567. The van der Waals surface area contributed by atoms with E-state index < -0.39 is 6.04 Å². The maximum absolute atomic E-state index is 13.3. The molecule has 4 rings (SSSR count). The van der Waals surface area contributed by atoms with Gasteiger partial charge in [-0.25, -0.2) is 0 Å². The van der Waals surface area contributed by atoms with Crippen molar-refractivity contribution >= 4 is 23.3 Å². The lowest BCUT2D eigenvalue weighted by molar-refractivity contribution is -0.118. The zero-order valence-corrected chi connectivity index (χ0v) is 23.2. The number of rotatable bonds is 10. The summed E-state index contributed by atoms with van der Waals surface area (Å²) in [6.07, 6.45) is 4.39. The van der Waals surface area contributed by atoms with Crippen molar-refractivity contribution in [1.29, 1.82) is 0 Å². The number of carbonyl (C=O) groups is 3. The number of H-pyrrole nitrogens is 1. The first-order valence-corrected chi connectivity index (χ1v) is 13.9. The molecule has 2 heterocycles. The van der Waals surface area contributed by atoms with Gasteiger partial charge in [0.2, 0.25) is 5.91 Å². The van der Waals surface area contributed by atoms with E-state index >= 15 is 0 Å². The first kappa shape index (κ1) is 28.0. The first-order valence-electron chi connectivity index (χ1n) is 13.9. The number of fused-ring (bicyclic) bond motifs is 1. The second-order valence-corrected chi connectivity index (χ2v) is 11.5. The number of aromatic amines is 1. The standard InChI is InChI=1S/C30H42N4O4/c1-5-6-7-23(33-29(37)27-20(2)26-24(32-27)18-30(3,4)19-25(26)35)28(36)31-22-10-8-21(9-11-22)12-13-34-14-16-38-17-15-34/h8-11,23,32H,5-7,12-19H2,1-4H3,(H,31,36)(H,33,37). The van der Waals surface area contributed by atoms with Crippen molar-refractivity contribution in [2.45, 2.75) is 72.3 Å². The number of ketones is 1. The average Bonchev–Trinajstić information content (AvgIpc) is 3.21. The van der Waals surface area contributed by atoms with Gasteiger partial charge in [-0.3, -0.25) is 19.3 Å². The first-order chi connectivity index (χ1) is 18.2. The lowest BCUT2D eigenvalue weighted by Crippen LogP contribution is -2.44. The maximum Gasteiger partial charge on any atom is 0.268 e. The minimum Gasteiger partial charge on any atom is -0.379 e. The van der Waals surface area contributed by atoms with Gasteiger partial charge < -0.3 is 20.4 Å². The number of Topliss-reactive ketones (excluding diaryl/α,β-unsaturated/α-hetero) is 1. The van der Waals surface area contributed by atoms with Gasteiger partial charge in [-0.05, 0) is 54.9 Å². The number of ether oxygens (including phenoxy) is 1. The Hall–Kier alpha value is -2.97. The molecule has 3 N–H and O–H groups in total. The molecule has 0 radical (unpaired) electrons. The maximum atomic E-state index is 13.3. The number of hydrogen-bond acceptors (Lipinski definition) is 5. The molecular formula is C30H42N4O4. The van der Waals surface area contributed by atoms with Gasteiger partial charge in [-0.15, -0.1) is 0 Å². The van der Waals surface area contributed by atoms with Crippen molar-refractivity contribution in [2.24, 2.45) is 5.41 Å². The number of amides is 2. The predicted molar refractivity (Wildman–Crippen MR) is 149 cm³/mol. The van der Waals surface area contributed by atoms with E-state index in [1.165, 1.54) is 5.56 Å². The van der Waals surface area contributed by atoms with Crippen LogP contribution in [0, 0.1) is 12.3 Å². The van der Waals surface area contributed by atoms with E-state index in [9.17, 15) is 14.4 Å². The molecule has 1 fully saturated rings. The van der Waals surface area contributed by atoms with Crippen LogP contribution >= 0.6 is 0 Å². The number of unbranched alkanes of at least 4 members (excludes halogenated alkanes) is 1.